The molecule has 2 heterocycles. The molecule has 0 aliphatic carbocycles. The molecule has 0 aliphatic rings. The van der Waals surface area contributed by atoms with Gasteiger partial charge in [-0.15, -0.1) is 0 Å². The third-order valence-corrected chi connectivity index (χ3v) is 2.88. The summed E-state index contributed by atoms with van der Waals surface area (Å²) in [6, 6.07) is 3.51. The molecular formula is C12H15ClN4O. The predicted octanol–water partition coefficient (Wildman–Crippen LogP) is 2.63. The van der Waals surface area contributed by atoms with E-state index in [-0.39, 0.29) is 5.92 Å². The Morgan fingerprint density at radius 1 is 1.44 bits per heavy atom. The maximum absolute atomic E-state index is 5.77. The largest absolute Gasteiger partial charge is 0.339 e. The van der Waals surface area contributed by atoms with Crippen LogP contribution >= 0.6 is 11.6 Å². The van der Waals surface area contributed by atoms with E-state index in [0.29, 0.717) is 29.0 Å². The smallest absolute Gasteiger partial charge is 0.229 e. The first-order valence-corrected chi connectivity index (χ1v) is 6.24. The van der Waals surface area contributed by atoms with Crippen LogP contribution in [0.1, 0.15) is 31.6 Å². The van der Waals surface area contributed by atoms with Crippen LogP contribution in [-0.4, -0.2) is 21.7 Å². The average molecular weight is 267 g/mol. The summed E-state index contributed by atoms with van der Waals surface area (Å²) in [6.45, 7) is 2.71. The van der Waals surface area contributed by atoms with Crippen molar-refractivity contribution in [2.45, 2.75) is 25.7 Å². The monoisotopic (exact) mass is 266 g/mol. The molecule has 0 spiro atoms. The van der Waals surface area contributed by atoms with Crippen molar-refractivity contribution in [3.63, 3.8) is 0 Å². The summed E-state index contributed by atoms with van der Waals surface area (Å²) in [7, 11) is 0. The molecule has 1 atom stereocenters. The Hall–Kier alpha value is -1.46. The molecular weight excluding hydrogens is 252 g/mol. The molecule has 0 aliphatic heterocycles. The highest BCUT2D eigenvalue weighted by Crippen LogP contribution is 2.22. The van der Waals surface area contributed by atoms with E-state index in [4.69, 9.17) is 21.9 Å². The molecule has 0 fully saturated rings. The van der Waals surface area contributed by atoms with Gasteiger partial charge in [0.15, 0.2) is 0 Å². The number of rotatable bonds is 5. The van der Waals surface area contributed by atoms with Gasteiger partial charge in [0.05, 0.1) is 5.02 Å². The molecule has 0 amide bonds. The SMILES string of the molecule is CC(CCCN)c1nc(-c2ccc(Cl)cn2)no1. The number of nitrogens with two attached hydrogens (primary N) is 1. The van der Waals surface area contributed by atoms with Crippen molar-refractivity contribution in [2.24, 2.45) is 5.73 Å². The van der Waals surface area contributed by atoms with E-state index in [1.807, 2.05) is 6.92 Å². The van der Waals surface area contributed by atoms with Crippen LogP contribution in [0.2, 0.25) is 5.02 Å². The molecule has 1 unspecified atom stereocenters. The lowest BCUT2D eigenvalue weighted by Crippen LogP contribution is -2.02. The summed E-state index contributed by atoms with van der Waals surface area (Å²) in [5.41, 5.74) is 6.13. The van der Waals surface area contributed by atoms with Gasteiger partial charge in [-0.2, -0.15) is 4.98 Å². The summed E-state index contributed by atoms with van der Waals surface area (Å²) >= 11 is 5.77. The third-order valence-electron chi connectivity index (χ3n) is 2.66. The van der Waals surface area contributed by atoms with E-state index in [0.717, 1.165) is 12.8 Å². The minimum Gasteiger partial charge on any atom is -0.339 e. The van der Waals surface area contributed by atoms with Gasteiger partial charge in [-0.25, -0.2) is 0 Å². The minimum absolute atomic E-state index is 0.210. The number of halogens is 1. The van der Waals surface area contributed by atoms with Crippen LogP contribution in [0.4, 0.5) is 0 Å². The molecule has 0 bridgehead atoms. The van der Waals surface area contributed by atoms with E-state index in [2.05, 4.69) is 15.1 Å². The van der Waals surface area contributed by atoms with E-state index in [1.54, 1.807) is 18.3 Å². The molecule has 0 saturated heterocycles. The van der Waals surface area contributed by atoms with Gasteiger partial charge < -0.3 is 10.3 Å². The van der Waals surface area contributed by atoms with Gasteiger partial charge in [0, 0.05) is 12.1 Å². The van der Waals surface area contributed by atoms with Crippen molar-refractivity contribution in [3.8, 4) is 11.5 Å². The first kappa shape index (κ1) is 13.0. The molecule has 2 N–H and O–H groups in total. The zero-order chi connectivity index (χ0) is 13.0. The van der Waals surface area contributed by atoms with Gasteiger partial charge in [0.25, 0.3) is 0 Å². The fourth-order valence-corrected chi connectivity index (χ4v) is 1.71. The lowest BCUT2D eigenvalue weighted by Gasteiger charge is -2.03. The van der Waals surface area contributed by atoms with Gasteiger partial charge in [0.1, 0.15) is 5.69 Å². The van der Waals surface area contributed by atoms with Gasteiger partial charge in [-0.1, -0.05) is 23.7 Å². The second-order valence-corrected chi connectivity index (χ2v) is 4.59. The molecule has 0 saturated carbocycles. The summed E-state index contributed by atoms with van der Waals surface area (Å²) in [5, 5.41) is 4.50. The molecule has 6 heteroatoms. The van der Waals surface area contributed by atoms with Crippen molar-refractivity contribution in [3.05, 3.63) is 29.2 Å². The van der Waals surface area contributed by atoms with E-state index in [9.17, 15) is 0 Å². The van der Waals surface area contributed by atoms with Crippen molar-refractivity contribution in [1.82, 2.24) is 15.1 Å². The number of nitrogens with zero attached hydrogens (tertiary/aromatic N) is 3. The standard InChI is InChI=1S/C12H15ClN4O/c1-8(3-2-6-14)12-16-11(17-18-12)10-5-4-9(13)7-15-10/h4-5,7-8H,2-3,6,14H2,1H3. The van der Waals surface area contributed by atoms with Crippen LogP contribution in [0.25, 0.3) is 11.5 Å². The second-order valence-electron chi connectivity index (χ2n) is 4.15. The van der Waals surface area contributed by atoms with Crippen molar-refractivity contribution >= 4 is 11.6 Å². The quantitative estimate of drug-likeness (QED) is 0.900. The Balaban J connectivity index is 2.12. The van der Waals surface area contributed by atoms with Crippen molar-refractivity contribution in [2.75, 3.05) is 6.54 Å². The van der Waals surface area contributed by atoms with Gasteiger partial charge >= 0.3 is 0 Å². The normalized spacial score (nSPS) is 12.6. The third kappa shape index (κ3) is 3.05. The fraction of sp³-hybridized carbons (Fsp3) is 0.417. The summed E-state index contributed by atoms with van der Waals surface area (Å²) in [6.07, 6.45) is 3.44. The maximum Gasteiger partial charge on any atom is 0.229 e. The molecule has 2 aromatic heterocycles. The number of pyridine rings is 1. The lowest BCUT2D eigenvalue weighted by molar-refractivity contribution is 0.352. The Kier molecular flexibility index (Phi) is 4.28. The molecule has 2 rings (SSSR count). The Labute approximate surface area is 110 Å². The highest BCUT2D eigenvalue weighted by molar-refractivity contribution is 6.30. The van der Waals surface area contributed by atoms with E-state index < -0.39 is 0 Å². The first-order valence-electron chi connectivity index (χ1n) is 5.86. The number of aromatic nitrogens is 3. The minimum atomic E-state index is 0.210. The molecule has 0 aromatic carbocycles. The van der Waals surface area contributed by atoms with Gasteiger partial charge in [0.2, 0.25) is 11.7 Å². The zero-order valence-corrected chi connectivity index (χ0v) is 10.9. The highest BCUT2D eigenvalue weighted by atomic mass is 35.5. The predicted molar refractivity (Wildman–Crippen MR) is 69.2 cm³/mol. The average Bonchev–Trinajstić information content (AvgIpc) is 2.86. The van der Waals surface area contributed by atoms with Crippen LogP contribution < -0.4 is 5.73 Å². The molecule has 18 heavy (non-hydrogen) atoms. The molecule has 96 valence electrons. The van der Waals surface area contributed by atoms with E-state index in [1.165, 1.54) is 0 Å². The summed E-state index contributed by atoms with van der Waals surface area (Å²) in [4.78, 5) is 8.49. The zero-order valence-electron chi connectivity index (χ0n) is 10.1. The van der Waals surface area contributed by atoms with Crippen LogP contribution in [0.3, 0.4) is 0 Å². The van der Waals surface area contributed by atoms with Crippen molar-refractivity contribution < 1.29 is 4.52 Å². The number of hydrogen-bond donors (Lipinski definition) is 1. The Bertz CT molecular complexity index is 497. The van der Waals surface area contributed by atoms with Crippen LogP contribution in [0, 0.1) is 0 Å². The summed E-state index contributed by atoms with van der Waals surface area (Å²) in [5.74, 6) is 1.32. The van der Waals surface area contributed by atoms with Crippen LogP contribution in [0.5, 0.6) is 0 Å². The Morgan fingerprint density at radius 2 is 2.28 bits per heavy atom. The van der Waals surface area contributed by atoms with Gasteiger partial charge in [-0.05, 0) is 31.5 Å². The van der Waals surface area contributed by atoms with Crippen LogP contribution in [-0.2, 0) is 0 Å². The van der Waals surface area contributed by atoms with Gasteiger partial charge in [-0.3, -0.25) is 4.98 Å². The Morgan fingerprint density at radius 3 is 2.94 bits per heavy atom. The second kappa shape index (κ2) is 5.93. The first-order chi connectivity index (χ1) is 8.70. The molecule has 5 nitrogen and oxygen atoms in total. The maximum atomic E-state index is 5.77. The number of hydrogen-bond acceptors (Lipinski definition) is 5. The topological polar surface area (TPSA) is 77.8 Å². The summed E-state index contributed by atoms with van der Waals surface area (Å²) < 4.78 is 5.23. The lowest BCUT2D eigenvalue weighted by atomic mass is 10.1. The highest BCUT2D eigenvalue weighted by Gasteiger charge is 2.15. The van der Waals surface area contributed by atoms with E-state index >= 15 is 0 Å². The van der Waals surface area contributed by atoms with Crippen LogP contribution in [0.15, 0.2) is 22.9 Å². The molecule has 0 radical (unpaired) electrons. The molecule has 2 aromatic rings. The fourth-order valence-electron chi connectivity index (χ4n) is 1.60. The van der Waals surface area contributed by atoms with Crippen molar-refractivity contribution in [1.29, 1.82) is 0 Å².